The molecule has 1 aromatic heterocycles. The second-order valence-electron chi connectivity index (χ2n) is 6.91. The van der Waals surface area contributed by atoms with Crippen LogP contribution in [0.3, 0.4) is 0 Å². The summed E-state index contributed by atoms with van der Waals surface area (Å²) in [7, 11) is 0. The first-order chi connectivity index (χ1) is 15.8. The first-order valence-electron chi connectivity index (χ1n) is 9.61. The van der Waals surface area contributed by atoms with E-state index in [9.17, 15) is 19.2 Å². The second kappa shape index (κ2) is 9.23. The van der Waals surface area contributed by atoms with Gasteiger partial charge in [0.1, 0.15) is 4.88 Å². The third kappa shape index (κ3) is 4.62. The molecule has 164 valence electrons. The summed E-state index contributed by atoms with van der Waals surface area (Å²) < 4.78 is 0.860. The summed E-state index contributed by atoms with van der Waals surface area (Å²) in [6.45, 7) is 0. The number of hydrogen-bond donors (Lipinski definition) is 3. The fourth-order valence-electron chi connectivity index (χ4n) is 3.19. The number of anilines is 2. The van der Waals surface area contributed by atoms with Gasteiger partial charge in [0.15, 0.2) is 5.78 Å². The van der Waals surface area contributed by atoms with E-state index in [2.05, 4.69) is 10.6 Å². The van der Waals surface area contributed by atoms with E-state index in [0.29, 0.717) is 15.5 Å². The maximum Gasteiger partial charge on any atom is 0.394 e. The molecule has 2 amide bonds. The minimum Gasteiger partial charge on any atom is -0.474 e. The lowest BCUT2D eigenvalue weighted by molar-refractivity contribution is -0.147. The van der Waals surface area contributed by atoms with Crippen molar-refractivity contribution >= 4 is 68.0 Å². The fraction of sp³-hybridized carbons (Fsp3) is 0. The predicted molar refractivity (Wildman–Crippen MR) is 127 cm³/mol. The van der Waals surface area contributed by atoms with Crippen LogP contribution in [0.25, 0.3) is 10.1 Å². The molecule has 0 aliphatic heterocycles. The Morgan fingerprint density at radius 1 is 0.848 bits per heavy atom. The summed E-state index contributed by atoms with van der Waals surface area (Å²) in [5.74, 6) is -3.88. The van der Waals surface area contributed by atoms with Crippen molar-refractivity contribution in [1.29, 1.82) is 0 Å². The molecule has 3 N–H and O–H groups in total. The number of carboxylic acid groups (broad SMARTS) is 1. The van der Waals surface area contributed by atoms with Crippen molar-refractivity contribution in [3.05, 3.63) is 93.8 Å². The lowest BCUT2D eigenvalue weighted by Crippen LogP contribution is -2.23. The highest BCUT2D eigenvalue weighted by Crippen LogP contribution is 2.35. The van der Waals surface area contributed by atoms with Crippen LogP contribution in [0, 0.1) is 0 Å². The molecule has 4 aromatic rings. The predicted octanol–water partition coefficient (Wildman–Crippen LogP) is 5.06. The maximum absolute atomic E-state index is 13.1. The Bertz CT molecular complexity index is 1420. The smallest absolute Gasteiger partial charge is 0.394 e. The quantitative estimate of drug-likeness (QED) is 0.274. The summed E-state index contributed by atoms with van der Waals surface area (Å²) >= 11 is 7.62. The van der Waals surface area contributed by atoms with E-state index in [1.807, 2.05) is 24.3 Å². The van der Waals surface area contributed by atoms with Gasteiger partial charge in [-0.15, -0.1) is 11.3 Å². The second-order valence-corrected chi connectivity index (χ2v) is 8.34. The number of amides is 2. The number of halogens is 1. The number of aliphatic carboxylic acids is 1. The molecule has 0 aliphatic rings. The van der Waals surface area contributed by atoms with E-state index in [1.165, 1.54) is 29.5 Å². The van der Waals surface area contributed by atoms with Crippen molar-refractivity contribution in [2.24, 2.45) is 0 Å². The van der Waals surface area contributed by atoms with Gasteiger partial charge in [0.2, 0.25) is 0 Å². The minimum atomic E-state index is -1.69. The average molecular weight is 479 g/mol. The van der Waals surface area contributed by atoms with Crippen LogP contribution in [-0.4, -0.2) is 28.7 Å². The zero-order valence-corrected chi connectivity index (χ0v) is 18.4. The van der Waals surface area contributed by atoms with E-state index >= 15 is 0 Å². The zero-order chi connectivity index (χ0) is 23.5. The molecule has 0 saturated heterocycles. The third-order valence-electron chi connectivity index (χ3n) is 4.74. The van der Waals surface area contributed by atoms with E-state index in [4.69, 9.17) is 16.7 Å². The van der Waals surface area contributed by atoms with Crippen LogP contribution in [0.5, 0.6) is 0 Å². The van der Waals surface area contributed by atoms with Crippen LogP contribution in [0.4, 0.5) is 11.4 Å². The summed E-state index contributed by atoms with van der Waals surface area (Å²) in [5.41, 5.74) is 0.644. The highest BCUT2D eigenvalue weighted by molar-refractivity contribution is 7.21. The Hall–Kier alpha value is -4.01. The lowest BCUT2D eigenvalue weighted by Gasteiger charge is -2.12. The molecule has 0 atom stereocenters. The van der Waals surface area contributed by atoms with Crippen LogP contribution in [-0.2, 0) is 9.59 Å². The van der Waals surface area contributed by atoms with E-state index in [0.717, 1.165) is 10.1 Å². The Balaban J connectivity index is 1.69. The highest BCUT2D eigenvalue weighted by atomic mass is 35.5. The van der Waals surface area contributed by atoms with Gasteiger partial charge in [-0.1, -0.05) is 60.1 Å². The summed E-state index contributed by atoms with van der Waals surface area (Å²) in [6.07, 6.45) is 0. The fourth-order valence-corrected chi connectivity index (χ4v) is 4.60. The number of carbonyl (C=O) groups is 4. The van der Waals surface area contributed by atoms with E-state index in [1.54, 1.807) is 30.3 Å². The largest absolute Gasteiger partial charge is 0.474 e. The Morgan fingerprint density at radius 3 is 2.24 bits per heavy atom. The molecule has 0 bridgehead atoms. The van der Waals surface area contributed by atoms with Crippen LogP contribution < -0.4 is 10.6 Å². The molecular formula is C24H15ClN2O5S. The van der Waals surface area contributed by atoms with Gasteiger partial charge >= 0.3 is 11.9 Å². The molecule has 0 spiro atoms. The Labute approximate surface area is 196 Å². The molecule has 0 unspecified atom stereocenters. The topological polar surface area (TPSA) is 113 Å². The van der Waals surface area contributed by atoms with Crippen molar-refractivity contribution in [2.45, 2.75) is 0 Å². The molecule has 4 rings (SSSR count). The van der Waals surface area contributed by atoms with Gasteiger partial charge in [-0.2, -0.15) is 0 Å². The van der Waals surface area contributed by atoms with Crippen LogP contribution in [0.2, 0.25) is 5.02 Å². The number of rotatable bonds is 5. The molecule has 0 aliphatic carbocycles. The summed E-state index contributed by atoms with van der Waals surface area (Å²) in [6, 6.07) is 19.8. The number of benzene rings is 3. The Kier molecular flexibility index (Phi) is 6.21. The number of hydrogen-bond acceptors (Lipinski definition) is 5. The van der Waals surface area contributed by atoms with Gasteiger partial charge in [0.05, 0.1) is 10.7 Å². The van der Waals surface area contributed by atoms with Crippen LogP contribution >= 0.6 is 22.9 Å². The van der Waals surface area contributed by atoms with Gasteiger partial charge < -0.3 is 15.7 Å². The molecule has 0 saturated carbocycles. The minimum absolute atomic E-state index is 0.00847. The van der Waals surface area contributed by atoms with Crippen molar-refractivity contribution in [3.63, 3.8) is 0 Å². The molecule has 33 heavy (non-hydrogen) atoms. The van der Waals surface area contributed by atoms with Crippen molar-refractivity contribution in [3.8, 4) is 0 Å². The summed E-state index contributed by atoms with van der Waals surface area (Å²) in [5, 5.41) is 14.9. The molecule has 0 radical (unpaired) electrons. The normalized spacial score (nSPS) is 10.6. The molecule has 1 heterocycles. The number of carboxylic acids is 1. The van der Waals surface area contributed by atoms with E-state index in [-0.39, 0.29) is 16.9 Å². The molecule has 0 fully saturated rings. The van der Waals surface area contributed by atoms with E-state index < -0.39 is 23.6 Å². The first-order valence-corrected chi connectivity index (χ1v) is 10.8. The molecule has 3 aromatic carbocycles. The number of fused-ring (bicyclic) bond motifs is 1. The SMILES string of the molecule is O=C(O)C(=O)Nc1ccc(NC(=O)c2sc3ccccc3c2Cl)cc1C(=O)c1ccccc1. The number of nitrogens with one attached hydrogen (secondary N) is 2. The van der Waals surface area contributed by atoms with Crippen LogP contribution in [0.1, 0.15) is 25.6 Å². The molecule has 7 nitrogen and oxygen atoms in total. The van der Waals surface area contributed by atoms with Crippen molar-refractivity contribution < 1.29 is 24.3 Å². The third-order valence-corrected chi connectivity index (χ3v) is 6.42. The average Bonchev–Trinajstić information content (AvgIpc) is 3.16. The monoisotopic (exact) mass is 478 g/mol. The highest BCUT2D eigenvalue weighted by Gasteiger charge is 2.21. The molecular weight excluding hydrogens is 464 g/mol. The lowest BCUT2D eigenvalue weighted by atomic mass is 10.0. The number of thiophene rings is 1. The first kappa shape index (κ1) is 22.2. The van der Waals surface area contributed by atoms with Gasteiger partial charge in [0, 0.05) is 26.9 Å². The van der Waals surface area contributed by atoms with Gasteiger partial charge in [0.25, 0.3) is 5.91 Å². The summed E-state index contributed by atoms with van der Waals surface area (Å²) in [4.78, 5) is 48.9. The van der Waals surface area contributed by atoms with Gasteiger partial charge in [-0.05, 0) is 24.3 Å². The maximum atomic E-state index is 13.1. The van der Waals surface area contributed by atoms with Gasteiger partial charge in [-0.3, -0.25) is 14.4 Å². The molecule has 9 heteroatoms. The van der Waals surface area contributed by atoms with Crippen molar-refractivity contribution in [2.75, 3.05) is 10.6 Å². The zero-order valence-electron chi connectivity index (χ0n) is 16.8. The van der Waals surface area contributed by atoms with Gasteiger partial charge in [-0.25, -0.2) is 4.79 Å². The number of ketones is 1. The number of carbonyl (C=O) groups excluding carboxylic acids is 3. The standard InChI is InChI=1S/C24H15ClN2O5S/c25-19-15-8-4-5-9-18(15)33-21(19)22(29)26-14-10-11-17(27-23(30)24(31)32)16(12-14)20(28)13-6-2-1-3-7-13/h1-12H,(H,26,29)(H,27,30)(H,31,32). The van der Waals surface area contributed by atoms with Crippen LogP contribution in [0.15, 0.2) is 72.8 Å². The Morgan fingerprint density at radius 2 is 1.55 bits per heavy atom. The van der Waals surface area contributed by atoms with Crippen molar-refractivity contribution in [1.82, 2.24) is 0 Å².